The first-order valence-electron chi connectivity index (χ1n) is 9.09. The van der Waals surface area contributed by atoms with E-state index in [1.165, 1.54) is 0 Å². The summed E-state index contributed by atoms with van der Waals surface area (Å²) in [5.41, 5.74) is 4.78. The molecule has 0 spiro atoms. The smallest absolute Gasteiger partial charge is 0.233 e. The number of aromatic nitrogens is 4. The Morgan fingerprint density at radius 1 is 1.18 bits per heavy atom. The number of nitrogens with one attached hydrogen (secondary N) is 1. The summed E-state index contributed by atoms with van der Waals surface area (Å²) in [5.74, 6) is 1.21. The van der Waals surface area contributed by atoms with Gasteiger partial charge in [-0.3, -0.25) is 4.79 Å². The van der Waals surface area contributed by atoms with E-state index >= 15 is 0 Å². The highest BCUT2D eigenvalue weighted by molar-refractivity contribution is 6.30. The van der Waals surface area contributed by atoms with Crippen LogP contribution in [0.25, 0.3) is 17.0 Å². The molecule has 2 aromatic carbocycles. The molecule has 7 heteroatoms. The molecular weight excluding hydrogens is 374 g/mol. The van der Waals surface area contributed by atoms with E-state index in [0.717, 1.165) is 27.9 Å². The van der Waals surface area contributed by atoms with E-state index in [9.17, 15) is 4.79 Å². The SMILES string of the molecule is Cc1nn(-c2nc3ccccc3n2C)c2c1[C@@H](c1cccc(Cl)c1)CC(=O)N2. The van der Waals surface area contributed by atoms with Gasteiger partial charge in [-0.1, -0.05) is 35.9 Å². The summed E-state index contributed by atoms with van der Waals surface area (Å²) < 4.78 is 3.72. The maximum atomic E-state index is 12.5. The van der Waals surface area contributed by atoms with Gasteiger partial charge in [0, 0.05) is 30.0 Å². The predicted molar refractivity (Wildman–Crippen MR) is 109 cm³/mol. The fourth-order valence-corrected chi connectivity index (χ4v) is 4.22. The minimum Gasteiger partial charge on any atom is -0.311 e. The zero-order valence-corrected chi connectivity index (χ0v) is 16.2. The zero-order chi connectivity index (χ0) is 19.4. The Labute approximate surface area is 166 Å². The number of benzene rings is 2. The number of amides is 1. The lowest BCUT2D eigenvalue weighted by Gasteiger charge is -2.24. The Hall–Kier alpha value is -3.12. The number of hydrogen-bond donors (Lipinski definition) is 1. The highest BCUT2D eigenvalue weighted by Gasteiger charge is 2.33. The van der Waals surface area contributed by atoms with Crippen LogP contribution in [0.4, 0.5) is 5.82 Å². The van der Waals surface area contributed by atoms with Gasteiger partial charge in [-0.05, 0) is 36.8 Å². The second kappa shape index (κ2) is 6.21. The van der Waals surface area contributed by atoms with Crippen LogP contribution in [0, 0.1) is 6.92 Å². The van der Waals surface area contributed by atoms with Crippen LogP contribution in [0.1, 0.15) is 29.2 Å². The van der Waals surface area contributed by atoms with Crippen LogP contribution in [-0.4, -0.2) is 25.2 Å². The third-order valence-corrected chi connectivity index (χ3v) is 5.54. The van der Waals surface area contributed by atoms with Crippen molar-refractivity contribution < 1.29 is 4.79 Å². The molecule has 1 atom stereocenters. The number of carbonyl (C=O) groups is 1. The molecule has 0 saturated carbocycles. The zero-order valence-electron chi connectivity index (χ0n) is 15.5. The van der Waals surface area contributed by atoms with Gasteiger partial charge in [0.2, 0.25) is 11.9 Å². The number of para-hydroxylation sites is 2. The van der Waals surface area contributed by atoms with Gasteiger partial charge in [-0.15, -0.1) is 0 Å². The summed E-state index contributed by atoms with van der Waals surface area (Å²) in [7, 11) is 1.95. The van der Waals surface area contributed by atoms with Crippen molar-refractivity contribution in [2.45, 2.75) is 19.3 Å². The first-order chi connectivity index (χ1) is 13.5. The second-order valence-corrected chi connectivity index (χ2v) is 7.52. The Morgan fingerprint density at radius 2 is 2.00 bits per heavy atom. The Balaban J connectivity index is 1.72. The number of anilines is 1. The standard InChI is InChI=1S/C21H18ClN5O/c1-12-19-15(13-6-5-7-14(22)10-13)11-18(28)24-20(19)27(25-12)21-23-16-8-3-4-9-17(16)26(21)2/h3-10,15H,11H2,1-2H3,(H,24,28)/t15-/m1/s1. The lowest BCUT2D eigenvalue weighted by Crippen LogP contribution is -2.25. The molecule has 0 bridgehead atoms. The molecule has 1 N–H and O–H groups in total. The van der Waals surface area contributed by atoms with Gasteiger partial charge in [-0.25, -0.2) is 4.98 Å². The van der Waals surface area contributed by atoms with Crippen molar-refractivity contribution >= 4 is 34.4 Å². The number of imidazole rings is 1. The minimum absolute atomic E-state index is 0.0441. The van der Waals surface area contributed by atoms with Crippen LogP contribution < -0.4 is 5.32 Å². The van der Waals surface area contributed by atoms with Gasteiger partial charge in [0.25, 0.3) is 0 Å². The number of fused-ring (bicyclic) bond motifs is 2. The number of nitrogens with zero attached hydrogens (tertiary/aromatic N) is 4. The van der Waals surface area contributed by atoms with Crippen molar-refractivity contribution in [3.05, 3.63) is 70.4 Å². The normalized spacial score (nSPS) is 16.2. The molecule has 4 aromatic rings. The number of carbonyl (C=O) groups excluding carboxylic acids is 1. The first-order valence-corrected chi connectivity index (χ1v) is 9.47. The number of hydrogen-bond acceptors (Lipinski definition) is 3. The van der Waals surface area contributed by atoms with Crippen molar-refractivity contribution in [2.24, 2.45) is 7.05 Å². The van der Waals surface area contributed by atoms with E-state index in [1.54, 1.807) is 4.68 Å². The Kier molecular flexibility index (Phi) is 3.77. The largest absolute Gasteiger partial charge is 0.311 e. The van der Waals surface area contributed by atoms with Crippen LogP contribution >= 0.6 is 11.6 Å². The molecule has 6 nitrogen and oxygen atoms in total. The lowest BCUT2D eigenvalue weighted by molar-refractivity contribution is -0.116. The van der Waals surface area contributed by atoms with E-state index in [-0.39, 0.29) is 11.8 Å². The highest BCUT2D eigenvalue weighted by atomic mass is 35.5. The molecule has 0 radical (unpaired) electrons. The maximum absolute atomic E-state index is 12.5. The van der Waals surface area contributed by atoms with Gasteiger partial charge in [0.05, 0.1) is 16.7 Å². The van der Waals surface area contributed by atoms with Crippen molar-refractivity contribution in [1.29, 1.82) is 0 Å². The van der Waals surface area contributed by atoms with Gasteiger partial charge < -0.3 is 9.88 Å². The summed E-state index contributed by atoms with van der Waals surface area (Å²) in [6, 6.07) is 15.6. The molecule has 1 aliphatic heterocycles. The summed E-state index contributed by atoms with van der Waals surface area (Å²) in [6.07, 6.45) is 0.364. The van der Waals surface area contributed by atoms with E-state index in [1.807, 2.05) is 67.1 Å². The van der Waals surface area contributed by atoms with E-state index in [2.05, 4.69) is 5.32 Å². The van der Waals surface area contributed by atoms with E-state index in [4.69, 9.17) is 21.7 Å². The molecular formula is C21H18ClN5O. The quantitative estimate of drug-likeness (QED) is 0.557. The molecule has 0 unspecified atom stereocenters. The van der Waals surface area contributed by atoms with Crippen LogP contribution in [0.2, 0.25) is 5.02 Å². The monoisotopic (exact) mass is 391 g/mol. The molecule has 0 aliphatic carbocycles. The van der Waals surface area contributed by atoms with Crippen LogP contribution in [0.3, 0.4) is 0 Å². The van der Waals surface area contributed by atoms with E-state index < -0.39 is 0 Å². The Bertz CT molecular complexity index is 1240. The van der Waals surface area contributed by atoms with Crippen molar-refractivity contribution in [2.75, 3.05) is 5.32 Å². The molecule has 140 valence electrons. The fraction of sp³-hybridized carbons (Fsp3) is 0.190. The number of aryl methyl sites for hydroxylation is 2. The van der Waals surface area contributed by atoms with Crippen molar-refractivity contribution in [1.82, 2.24) is 19.3 Å². The minimum atomic E-state index is -0.0918. The molecule has 2 aromatic heterocycles. The highest BCUT2D eigenvalue weighted by Crippen LogP contribution is 2.40. The van der Waals surface area contributed by atoms with Crippen LogP contribution in [-0.2, 0) is 11.8 Å². The molecule has 0 fully saturated rings. The van der Waals surface area contributed by atoms with Crippen molar-refractivity contribution in [3.8, 4) is 5.95 Å². The third kappa shape index (κ3) is 2.52. The van der Waals surface area contributed by atoms with Gasteiger partial charge in [0.15, 0.2) is 0 Å². The summed E-state index contributed by atoms with van der Waals surface area (Å²) >= 11 is 6.20. The van der Waals surface area contributed by atoms with Crippen LogP contribution in [0.5, 0.6) is 0 Å². The maximum Gasteiger partial charge on any atom is 0.233 e. The van der Waals surface area contributed by atoms with Gasteiger partial charge in [0.1, 0.15) is 5.82 Å². The molecule has 28 heavy (non-hydrogen) atoms. The molecule has 0 saturated heterocycles. The lowest BCUT2D eigenvalue weighted by atomic mass is 9.86. The molecule has 5 rings (SSSR count). The number of rotatable bonds is 2. The third-order valence-electron chi connectivity index (χ3n) is 5.31. The molecule has 1 amide bonds. The second-order valence-electron chi connectivity index (χ2n) is 7.08. The molecule has 3 heterocycles. The van der Waals surface area contributed by atoms with Crippen LogP contribution in [0.15, 0.2) is 48.5 Å². The topological polar surface area (TPSA) is 64.7 Å². The summed E-state index contributed by atoms with van der Waals surface area (Å²) in [4.78, 5) is 17.3. The predicted octanol–water partition coefficient (Wildman–Crippen LogP) is 4.19. The number of halogens is 1. The summed E-state index contributed by atoms with van der Waals surface area (Å²) in [6.45, 7) is 1.97. The van der Waals surface area contributed by atoms with Crippen molar-refractivity contribution in [3.63, 3.8) is 0 Å². The fourth-order valence-electron chi connectivity index (χ4n) is 4.02. The average Bonchev–Trinajstić information content (AvgIpc) is 3.18. The summed E-state index contributed by atoms with van der Waals surface area (Å²) in [5, 5.41) is 8.40. The molecule has 1 aliphatic rings. The average molecular weight is 392 g/mol. The van der Waals surface area contributed by atoms with Gasteiger partial charge in [-0.2, -0.15) is 9.78 Å². The first kappa shape index (κ1) is 17.0. The van der Waals surface area contributed by atoms with Gasteiger partial charge >= 0.3 is 0 Å². The van der Waals surface area contributed by atoms with E-state index in [0.29, 0.717) is 23.2 Å². The Morgan fingerprint density at radius 3 is 2.79 bits per heavy atom.